The van der Waals surface area contributed by atoms with Crippen molar-refractivity contribution in [1.82, 2.24) is 0 Å². The molecule has 24 heavy (non-hydrogen) atoms. The number of rotatable bonds is 10. The number of hydrogen-bond donors (Lipinski definition) is 0. The van der Waals surface area contributed by atoms with E-state index in [1.807, 2.05) is 0 Å². The average Bonchev–Trinajstić information content (AvgIpc) is 2.44. The van der Waals surface area contributed by atoms with Gasteiger partial charge in [-0.2, -0.15) is 0 Å². The molecule has 0 radical (unpaired) electrons. The summed E-state index contributed by atoms with van der Waals surface area (Å²) >= 11 is 0. The van der Waals surface area contributed by atoms with Crippen molar-refractivity contribution in [2.24, 2.45) is 0 Å². The molecule has 0 aromatic heterocycles. The first-order valence-corrected chi connectivity index (χ1v) is 12.3. The van der Waals surface area contributed by atoms with Gasteiger partial charge in [0.1, 0.15) is 0 Å². The van der Waals surface area contributed by atoms with Crippen molar-refractivity contribution in [2.75, 3.05) is 6.61 Å². The lowest BCUT2D eigenvalue weighted by molar-refractivity contribution is -0.136. The molecular weight excluding hydrogens is 316 g/mol. The summed E-state index contributed by atoms with van der Waals surface area (Å²) in [6, 6.07) is 0. The summed E-state index contributed by atoms with van der Waals surface area (Å²) in [5.74, 6) is 4.98. The highest BCUT2D eigenvalue weighted by Crippen LogP contribution is 2.37. The number of hydrogen-bond acceptors (Lipinski definition) is 3. The Morgan fingerprint density at radius 1 is 1.08 bits per heavy atom. The molecule has 0 aliphatic carbocycles. The number of carbonyl (C=O) groups is 1. The van der Waals surface area contributed by atoms with Crippen LogP contribution in [0.25, 0.3) is 0 Å². The first kappa shape index (κ1) is 23.2. The van der Waals surface area contributed by atoms with E-state index in [1.165, 1.54) is 25.7 Å². The largest absolute Gasteiger partial charge is 0.456 e. The third-order valence-electron chi connectivity index (χ3n) is 4.68. The second kappa shape index (κ2) is 11.7. The minimum atomic E-state index is -1.63. The van der Waals surface area contributed by atoms with Crippen LogP contribution in [0.2, 0.25) is 18.1 Å². The molecule has 0 aromatic carbocycles. The van der Waals surface area contributed by atoms with Crippen LogP contribution in [-0.4, -0.2) is 27.0 Å². The lowest BCUT2D eigenvalue weighted by atomic mass is 10.1. The van der Waals surface area contributed by atoms with Crippen LogP contribution in [0, 0.1) is 11.8 Å². The number of esters is 1. The lowest BCUT2D eigenvalue weighted by Gasteiger charge is -2.38. The van der Waals surface area contributed by atoms with E-state index in [1.54, 1.807) is 6.92 Å². The molecule has 0 rings (SSSR count). The highest BCUT2D eigenvalue weighted by atomic mass is 28.4. The van der Waals surface area contributed by atoms with Crippen molar-refractivity contribution in [2.45, 2.75) is 104 Å². The first-order chi connectivity index (χ1) is 11.1. The normalized spacial score (nSPS) is 13.1. The van der Waals surface area contributed by atoms with Crippen LogP contribution in [-0.2, 0) is 14.0 Å². The Morgan fingerprint density at radius 2 is 1.67 bits per heavy atom. The second-order valence-electron chi connectivity index (χ2n) is 8.02. The molecule has 0 bridgehead atoms. The third-order valence-corrected chi connectivity index (χ3v) is 9.28. The molecule has 0 saturated heterocycles. The Balaban J connectivity index is 3.68. The van der Waals surface area contributed by atoms with Crippen molar-refractivity contribution in [3.05, 3.63) is 0 Å². The molecule has 0 aliphatic heterocycles. The van der Waals surface area contributed by atoms with Gasteiger partial charge in [-0.1, -0.05) is 52.4 Å². The van der Waals surface area contributed by atoms with Crippen LogP contribution >= 0.6 is 0 Å². The van der Waals surface area contributed by atoms with Crippen molar-refractivity contribution < 1.29 is 14.0 Å². The lowest BCUT2D eigenvalue weighted by Crippen LogP contribution is -2.43. The summed E-state index contributed by atoms with van der Waals surface area (Å²) in [4.78, 5) is 11.0. The minimum absolute atomic E-state index is 0.284. The molecule has 0 fully saturated rings. The Labute approximate surface area is 151 Å². The molecule has 0 heterocycles. The van der Waals surface area contributed by atoms with Gasteiger partial charge < -0.3 is 9.16 Å². The van der Waals surface area contributed by atoms with Gasteiger partial charge >= 0.3 is 5.97 Å². The van der Waals surface area contributed by atoms with Crippen molar-refractivity contribution in [3.8, 4) is 11.8 Å². The Kier molecular flexibility index (Phi) is 11.3. The fourth-order valence-corrected chi connectivity index (χ4v) is 3.69. The van der Waals surface area contributed by atoms with Gasteiger partial charge in [0.2, 0.25) is 0 Å². The zero-order chi connectivity index (χ0) is 18.6. The first-order valence-electron chi connectivity index (χ1n) is 9.43. The number of unbranched alkanes of at least 4 members (excludes halogenated alkanes) is 5. The van der Waals surface area contributed by atoms with Gasteiger partial charge in [0.25, 0.3) is 0 Å². The zero-order valence-electron chi connectivity index (χ0n) is 17.0. The zero-order valence-corrected chi connectivity index (χ0v) is 18.0. The maximum Gasteiger partial charge on any atom is 0.384 e. The van der Waals surface area contributed by atoms with Crippen LogP contribution in [0.4, 0.5) is 0 Å². The molecule has 0 amide bonds. The monoisotopic (exact) mass is 354 g/mol. The fraction of sp³-hybridized carbons (Fsp3) is 0.850. The van der Waals surface area contributed by atoms with Gasteiger partial charge in [-0.15, -0.1) is 0 Å². The summed E-state index contributed by atoms with van der Waals surface area (Å²) in [5, 5.41) is 0.284. The van der Waals surface area contributed by atoms with E-state index in [0.29, 0.717) is 12.7 Å². The van der Waals surface area contributed by atoms with E-state index in [0.717, 1.165) is 19.3 Å². The van der Waals surface area contributed by atoms with Crippen LogP contribution < -0.4 is 0 Å². The van der Waals surface area contributed by atoms with E-state index >= 15 is 0 Å². The molecule has 3 nitrogen and oxygen atoms in total. The average molecular weight is 355 g/mol. The van der Waals surface area contributed by atoms with Gasteiger partial charge in [0, 0.05) is 18.4 Å². The van der Waals surface area contributed by atoms with E-state index in [2.05, 4.69) is 52.6 Å². The van der Waals surface area contributed by atoms with Crippen LogP contribution in [0.3, 0.4) is 0 Å². The maximum absolute atomic E-state index is 11.0. The molecular formula is C20H38O3Si. The summed E-state index contributed by atoms with van der Waals surface area (Å²) in [6.45, 7) is 15.9. The molecule has 0 aliphatic rings. The molecule has 1 atom stereocenters. The number of ether oxygens (including phenoxy) is 1. The van der Waals surface area contributed by atoms with E-state index in [-0.39, 0.29) is 5.04 Å². The standard InChI is InChI=1S/C20H38O3Si/c1-8-22-19(21)17-15-13-11-9-10-12-14-16-18(2)23-24(6,7)20(3,4)5/h18H,8-14,16H2,1-7H3/t18-/m1/s1. The summed E-state index contributed by atoms with van der Waals surface area (Å²) < 4.78 is 11.1. The SMILES string of the molecule is CCOC(=O)C#CCCCCCCC[C@@H](C)O[Si](C)(C)C(C)(C)C. The van der Waals surface area contributed by atoms with Crippen molar-refractivity contribution in [3.63, 3.8) is 0 Å². The molecule has 0 spiro atoms. The van der Waals surface area contributed by atoms with E-state index < -0.39 is 14.3 Å². The fourth-order valence-electron chi connectivity index (χ4n) is 2.22. The van der Waals surface area contributed by atoms with Crippen molar-refractivity contribution >= 4 is 14.3 Å². The van der Waals surface area contributed by atoms with Gasteiger partial charge in [0.05, 0.1) is 6.61 Å². The van der Waals surface area contributed by atoms with Crippen LogP contribution in [0.15, 0.2) is 0 Å². The topological polar surface area (TPSA) is 35.5 Å². The smallest absolute Gasteiger partial charge is 0.384 e. The van der Waals surface area contributed by atoms with Gasteiger partial charge in [-0.25, -0.2) is 4.79 Å². The Bertz CT molecular complexity index is 413. The van der Waals surface area contributed by atoms with E-state index in [9.17, 15) is 4.79 Å². The van der Waals surface area contributed by atoms with Gasteiger partial charge in [0.15, 0.2) is 8.32 Å². The highest BCUT2D eigenvalue weighted by molar-refractivity contribution is 6.74. The summed E-state index contributed by atoms with van der Waals surface area (Å²) in [7, 11) is -1.63. The second-order valence-corrected chi connectivity index (χ2v) is 12.8. The van der Waals surface area contributed by atoms with Crippen LogP contribution in [0.5, 0.6) is 0 Å². The quantitative estimate of drug-likeness (QED) is 0.166. The Morgan fingerprint density at radius 3 is 2.25 bits per heavy atom. The summed E-state index contributed by atoms with van der Waals surface area (Å²) in [5.41, 5.74) is 0. The number of carbonyl (C=O) groups excluding carboxylic acids is 1. The maximum atomic E-state index is 11.0. The van der Waals surface area contributed by atoms with Gasteiger partial charge in [-0.05, 0) is 44.8 Å². The molecule has 0 unspecified atom stereocenters. The van der Waals surface area contributed by atoms with E-state index in [4.69, 9.17) is 9.16 Å². The predicted octanol–water partition coefficient (Wildman–Crippen LogP) is 5.69. The van der Waals surface area contributed by atoms with Gasteiger partial charge in [-0.3, -0.25) is 0 Å². The molecule has 0 aromatic rings. The molecule has 0 saturated carbocycles. The highest BCUT2D eigenvalue weighted by Gasteiger charge is 2.38. The summed E-state index contributed by atoms with van der Waals surface area (Å²) in [6.07, 6.45) is 8.23. The molecule has 4 heteroatoms. The molecule has 140 valence electrons. The predicted molar refractivity (Wildman–Crippen MR) is 104 cm³/mol. The van der Waals surface area contributed by atoms with Crippen LogP contribution in [0.1, 0.15) is 79.6 Å². The van der Waals surface area contributed by atoms with Crippen molar-refractivity contribution in [1.29, 1.82) is 0 Å². The Hall–Kier alpha value is -0.793. The minimum Gasteiger partial charge on any atom is -0.456 e. The third kappa shape index (κ3) is 10.9. The molecule has 0 N–H and O–H groups in total.